The van der Waals surface area contributed by atoms with Gasteiger partial charge in [0, 0.05) is 12.2 Å². The summed E-state index contributed by atoms with van der Waals surface area (Å²) < 4.78 is 14.0. The lowest BCUT2D eigenvalue weighted by Gasteiger charge is -2.17. The van der Waals surface area contributed by atoms with Crippen LogP contribution in [0.2, 0.25) is 0 Å². The Morgan fingerprint density at radius 2 is 2.36 bits per heavy atom. The molecule has 76 valence electrons. The van der Waals surface area contributed by atoms with Crippen molar-refractivity contribution in [1.82, 2.24) is 0 Å². The highest BCUT2D eigenvalue weighted by Crippen LogP contribution is 2.34. The predicted molar refractivity (Wildman–Crippen MR) is 57.6 cm³/mol. The standard InChI is InChI=1S/C11H13FOS/c12-11(4-5-14-8-11)7-9-2-1-3-10(13)6-9/h1-3,6,13H,4-5,7-8H2. The predicted octanol–water partition coefficient (Wildman–Crippen LogP) is 2.78. The third-order valence-electron chi connectivity index (χ3n) is 2.49. The zero-order valence-corrected chi connectivity index (χ0v) is 8.69. The number of benzene rings is 1. The number of hydrogen-bond acceptors (Lipinski definition) is 2. The summed E-state index contributed by atoms with van der Waals surface area (Å²) >= 11 is 1.67. The highest BCUT2D eigenvalue weighted by atomic mass is 32.2. The van der Waals surface area contributed by atoms with Crippen LogP contribution in [0.25, 0.3) is 0 Å². The Balaban J connectivity index is 2.10. The Morgan fingerprint density at radius 1 is 1.50 bits per heavy atom. The first-order valence-corrected chi connectivity index (χ1v) is 5.88. The molecule has 0 aliphatic carbocycles. The monoisotopic (exact) mass is 212 g/mol. The van der Waals surface area contributed by atoms with Gasteiger partial charge < -0.3 is 5.11 Å². The number of halogens is 1. The second-order valence-corrected chi connectivity index (χ2v) is 4.91. The molecule has 1 N–H and O–H groups in total. The molecule has 0 aromatic heterocycles. The van der Waals surface area contributed by atoms with Crippen molar-refractivity contribution >= 4 is 11.8 Å². The van der Waals surface area contributed by atoms with Crippen molar-refractivity contribution in [2.45, 2.75) is 18.5 Å². The van der Waals surface area contributed by atoms with Crippen molar-refractivity contribution in [1.29, 1.82) is 0 Å². The quantitative estimate of drug-likeness (QED) is 0.813. The van der Waals surface area contributed by atoms with E-state index in [4.69, 9.17) is 0 Å². The number of thioether (sulfide) groups is 1. The van der Waals surface area contributed by atoms with E-state index in [0.717, 1.165) is 11.3 Å². The summed E-state index contributed by atoms with van der Waals surface area (Å²) in [7, 11) is 0. The van der Waals surface area contributed by atoms with Gasteiger partial charge in [0.25, 0.3) is 0 Å². The van der Waals surface area contributed by atoms with Gasteiger partial charge in [-0.2, -0.15) is 11.8 Å². The third kappa shape index (κ3) is 2.21. The average Bonchev–Trinajstić information content (AvgIpc) is 2.51. The molecule has 0 saturated carbocycles. The van der Waals surface area contributed by atoms with Crippen molar-refractivity contribution in [3.63, 3.8) is 0 Å². The topological polar surface area (TPSA) is 20.2 Å². The molecule has 0 radical (unpaired) electrons. The first-order valence-electron chi connectivity index (χ1n) is 4.73. The Bertz CT molecular complexity index is 321. The summed E-state index contributed by atoms with van der Waals surface area (Å²) in [5, 5.41) is 9.24. The maximum absolute atomic E-state index is 14.0. The van der Waals surface area contributed by atoms with Crippen LogP contribution < -0.4 is 0 Å². The lowest BCUT2D eigenvalue weighted by molar-refractivity contribution is 0.199. The molecule has 1 aliphatic heterocycles. The van der Waals surface area contributed by atoms with E-state index in [2.05, 4.69) is 0 Å². The lowest BCUT2D eigenvalue weighted by Crippen LogP contribution is -2.24. The van der Waals surface area contributed by atoms with Gasteiger partial charge in [0.05, 0.1) is 0 Å². The normalized spacial score (nSPS) is 26.6. The molecule has 1 unspecified atom stereocenters. The van der Waals surface area contributed by atoms with Crippen LogP contribution in [-0.4, -0.2) is 22.3 Å². The maximum Gasteiger partial charge on any atom is 0.124 e. The summed E-state index contributed by atoms with van der Waals surface area (Å²) in [6, 6.07) is 6.88. The number of rotatable bonds is 2. The highest BCUT2D eigenvalue weighted by molar-refractivity contribution is 7.99. The van der Waals surface area contributed by atoms with Gasteiger partial charge in [-0.3, -0.25) is 0 Å². The minimum absolute atomic E-state index is 0.219. The van der Waals surface area contributed by atoms with Gasteiger partial charge in [-0.1, -0.05) is 12.1 Å². The smallest absolute Gasteiger partial charge is 0.124 e. The van der Waals surface area contributed by atoms with E-state index < -0.39 is 5.67 Å². The van der Waals surface area contributed by atoms with Crippen molar-refractivity contribution in [3.8, 4) is 5.75 Å². The third-order valence-corrected chi connectivity index (χ3v) is 3.70. The van der Waals surface area contributed by atoms with Crippen LogP contribution in [0, 0.1) is 0 Å². The van der Waals surface area contributed by atoms with Gasteiger partial charge in [-0.15, -0.1) is 0 Å². The Kier molecular flexibility index (Phi) is 2.68. The molecule has 1 saturated heterocycles. The summed E-state index contributed by atoms with van der Waals surface area (Å²) in [6.07, 6.45) is 1.06. The Hall–Kier alpha value is -0.700. The van der Waals surface area contributed by atoms with Gasteiger partial charge in [-0.25, -0.2) is 4.39 Å². The van der Waals surface area contributed by atoms with E-state index >= 15 is 0 Å². The zero-order valence-electron chi connectivity index (χ0n) is 7.87. The Labute approximate surface area is 87.3 Å². The first-order chi connectivity index (χ1) is 6.68. The summed E-state index contributed by atoms with van der Waals surface area (Å²) in [6.45, 7) is 0. The largest absolute Gasteiger partial charge is 0.508 e. The van der Waals surface area contributed by atoms with Gasteiger partial charge in [0.15, 0.2) is 0 Å². The van der Waals surface area contributed by atoms with E-state index in [-0.39, 0.29) is 5.75 Å². The molecule has 1 aliphatic rings. The SMILES string of the molecule is Oc1cccc(CC2(F)CCSC2)c1. The average molecular weight is 212 g/mol. The maximum atomic E-state index is 14.0. The van der Waals surface area contributed by atoms with Crippen LogP contribution in [0.15, 0.2) is 24.3 Å². The second-order valence-electron chi connectivity index (χ2n) is 3.80. The van der Waals surface area contributed by atoms with Gasteiger partial charge in [-0.05, 0) is 29.9 Å². The van der Waals surface area contributed by atoms with E-state index in [1.165, 1.54) is 0 Å². The van der Waals surface area contributed by atoms with Gasteiger partial charge in [0.2, 0.25) is 0 Å². The minimum Gasteiger partial charge on any atom is -0.508 e. The molecule has 14 heavy (non-hydrogen) atoms. The van der Waals surface area contributed by atoms with E-state index in [0.29, 0.717) is 18.6 Å². The molecule has 1 heterocycles. The van der Waals surface area contributed by atoms with Crippen LogP contribution in [0.4, 0.5) is 4.39 Å². The van der Waals surface area contributed by atoms with Gasteiger partial charge >= 0.3 is 0 Å². The second kappa shape index (κ2) is 3.81. The molecule has 1 nitrogen and oxygen atoms in total. The zero-order chi connectivity index (χ0) is 10.0. The Morgan fingerprint density at radius 3 is 3.00 bits per heavy atom. The first kappa shape index (κ1) is 9.84. The van der Waals surface area contributed by atoms with Crippen LogP contribution in [0.1, 0.15) is 12.0 Å². The fraction of sp³-hybridized carbons (Fsp3) is 0.455. The summed E-state index contributed by atoms with van der Waals surface area (Å²) in [4.78, 5) is 0. The van der Waals surface area contributed by atoms with Crippen molar-refractivity contribution in [2.75, 3.05) is 11.5 Å². The lowest BCUT2D eigenvalue weighted by atomic mass is 9.96. The van der Waals surface area contributed by atoms with Crippen LogP contribution in [0.3, 0.4) is 0 Å². The molecule has 1 atom stereocenters. The molecule has 1 aromatic rings. The molecule has 1 aromatic carbocycles. The highest BCUT2D eigenvalue weighted by Gasteiger charge is 2.34. The molecular weight excluding hydrogens is 199 g/mol. The number of phenols is 1. The molecule has 0 amide bonds. The molecule has 3 heteroatoms. The molecule has 1 fully saturated rings. The van der Waals surface area contributed by atoms with E-state index in [9.17, 15) is 9.50 Å². The molecular formula is C11H13FOS. The summed E-state index contributed by atoms with van der Waals surface area (Å²) in [5.41, 5.74) is -0.173. The van der Waals surface area contributed by atoms with E-state index in [1.807, 2.05) is 6.07 Å². The van der Waals surface area contributed by atoms with Crippen LogP contribution in [0.5, 0.6) is 5.75 Å². The number of phenolic OH excluding ortho intramolecular Hbond substituents is 1. The van der Waals surface area contributed by atoms with Gasteiger partial charge in [0.1, 0.15) is 11.4 Å². The molecule has 2 rings (SSSR count). The van der Waals surface area contributed by atoms with Crippen molar-refractivity contribution in [3.05, 3.63) is 29.8 Å². The number of alkyl halides is 1. The van der Waals surface area contributed by atoms with Crippen LogP contribution in [-0.2, 0) is 6.42 Å². The minimum atomic E-state index is -1.06. The molecule has 0 bridgehead atoms. The number of aromatic hydroxyl groups is 1. The fourth-order valence-corrected chi connectivity index (χ4v) is 3.02. The fourth-order valence-electron chi connectivity index (χ4n) is 1.75. The van der Waals surface area contributed by atoms with E-state index in [1.54, 1.807) is 30.0 Å². The molecule has 0 spiro atoms. The van der Waals surface area contributed by atoms with Crippen molar-refractivity contribution < 1.29 is 9.50 Å². The summed E-state index contributed by atoms with van der Waals surface area (Å²) in [5.74, 6) is 1.72. The number of hydrogen-bond donors (Lipinski definition) is 1. The van der Waals surface area contributed by atoms with Crippen LogP contribution >= 0.6 is 11.8 Å². The van der Waals surface area contributed by atoms with Crippen molar-refractivity contribution in [2.24, 2.45) is 0 Å².